The highest BCUT2D eigenvalue weighted by Crippen LogP contribution is 2.35. The zero-order valence-corrected chi connectivity index (χ0v) is 24.3. The topological polar surface area (TPSA) is 119 Å². The maximum absolute atomic E-state index is 12.2. The summed E-state index contributed by atoms with van der Waals surface area (Å²) in [4.78, 5) is 42.2. The van der Waals surface area contributed by atoms with Crippen LogP contribution in [0.4, 0.5) is 0 Å². The molecule has 0 aliphatic carbocycles. The smallest absolute Gasteiger partial charge is 0.462 e. The number of hydrogen-bond acceptors (Lipinski definition) is 6. The van der Waals surface area contributed by atoms with Gasteiger partial charge in [0.1, 0.15) is 6.61 Å². The number of allylic oxidation sites excluding steroid dienone is 2. The summed E-state index contributed by atoms with van der Waals surface area (Å²) in [5.74, 6) is -0.902. The lowest BCUT2D eigenvalue weighted by Crippen LogP contribution is -2.29. The lowest BCUT2D eigenvalue weighted by Gasteiger charge is -2.18. The maximum atomic E-state index is 12.2. The third-order valence-electron chi connectivity index (χ3n) is 6.03. The Hall–Kier alpha value is -1.21. The summed E-state index contributed by atoms with van der Waals surface area (Å²) < 4.78 is 26.0. The molecule has 0 aromatic rings. The minimum Gasteiger partial charge on any atom is -0.462 e. The van der Waals surface area contributed by atoms with Crippen molar-refractivity contribution in [3.8, 4) is 0 Å². The van der Waals surface area contributed by atoms with Crippen LogP contribution in [0.3, 0.4) is 0 Å². The molecule has 0 saturated heterocycles. The Labute approximate surface area is 225 Å². The zero-order valence-electron chi connectivity index (χ0n) is 23.4. The normalized spacial score (nSPS) is 12.6. The minimum absolute atomic E-state index is 0.212. The predicted octanol–water partition coefficient (Wildman–Crippen LogP) is 7.56. The Morgan fingerprint density at radius 3 is 1.73 bits per heavy atom. The van der Waals surface area contributed by atoms with Crippen molar-refractivity contribution >= 4 is 19.8 Å². The van der Waals surface area contributed by atoms with Gasteiger partial charge in [-0.15, -0.1) is 0 Å². The van der Waals surface area contributed by atoms with Crippen molar-refractivity contribution < 1.29 is 37.9 Å². The van der Waals surface area contributed by atoms with Gasteiger partial charge in [-0.25, -0.2) is 4.57 Å². The van der Waals surface area contributed by atoms with E-state index in [1.807, 2.05) is 0 Å². The quantitative estimate of drug-likeness (QED) is 0.0492. The third-order valence-corrected chi connectivity index (χ3v) is 6.52. The van der Waals surface area contributed by atoms with Gasteiger partial charge in [-0.3, -0.25) is 14.1 Å². The first-order chi connectivity index (χ1) is 17.8. The Kier molecular flexibility index (Phi) is 24.3. The van der Waals surface area contributed by atoms with Gasteiger partial charge < -0.3 is 19.3 Å². The maximum Gasteiger partial charge on any atom is 0.469 e. The number of ether oxygens (including phenoxy) is 2. The van der Waals surface area contributed by atoms with E-state index in [-0.39, 0.29) is 19.4 Å². The molecule has 0 aliphatic rings. The lowest BCUT2D eigenvalue weighted by molar-refractivity contribution is -0.161. The van der Waals surface area contributed by atoms with Crippen LogP contribution < -0.4 is 0 Å². The zero-order chi connectivity index (χ0) is 27.6. The Bertz CT molecular complexity index is 632. The molecule has 1 atom stereocenters. The molecule has 0 aromatic carbocycles. The molecule has 0 aromatic heterocycles. The van der Waals surface area contributed by atoms with Crippen LogP contribution in [0.25, 0.3) is 0 Å². The monoisotopic (exact) mass is 548 g/mol. The minimum atomic E-state index is -4.73. The van der Waals surface area contributed by atoms with Crippen LogP contribution in [0.15, 0.2) is 12.2 Å². The molecule has 8 nitrogen and oxygen atoms in total. The average Bonchev–Trinajstić information content (AvgIpc) is 2.85. The van der Waals surface area contributed by atoms with Crippen molar-refractivity contribution in [3.05, 3.63) is 12.2 Å². The van der Waals surface area contributed by atoms with Gasteiger partial charge in [-0.2, -0.15) is 0 Å². The predicted molar refractivity (Wildman–Crippen MR) is 147 cm³/mol. The molecule has 0 heterocycles. The number of carbonyl (C=O) groups excluding carboxylic acids is 2. The van der Waals surface area contributed by atoms with Crippen LogP contribution in [0.5, 0.6) is 0 Å². The first kappa shape index (κ1) is 35.8. The molecule has 37 heavy (non-hydrogen) atoms. The molecule has 0 unspecified atom stereocenters. The van der Waals surface area contributed by atoms with Gasteiger partial charge in [-0.05, 0) is 32.1 Å². The molecular formula is C28H53O8P. The molecule has 218 valence electrons. The summed E-state index contributed by atoms with van der Waals surface area (Å²) in [6.45, 7) is 3.55. The number of unbranched alkanes of at least 4 members (excludes halogenated alkanes) is 14. The Balaban J connectivity index is 4.09. The molecule has 0 spiro atoms. The highest BCUT2D eigenvalue weighted by molar-refractivity contribution is 7.46. The molecule has 0 aliphatic heterocycles. The van der Waals surface area contributed by atoms with Crippen molar-refractivity contribution in [1.82, 2.24) is 0 Å². The second kappa shape index (κ2) is 25.1. The van der Waals surface area contributed by atoms with Crippen LogP contribution in [0.2, 0.25) is 0 Å². The molecule has 2 N–H and O–H groups in total. The summed E-state index contributed by atoms with van der Waals surface area (Å²) in [6.07, 6.45) is 22.4. The van der Waals surface area contributed by atoms with Gasteiger partial charge in [0, 0.05) is 12.8 Å². The highest BCUT2D eigenvalue weighted by atomic mass is 31.2. The molecular weight excluding hydrogens is 495 g/mol. The molecule has 0 amide bonds. The Morgan fingerprint density at radius 1 is 0.676 bits per heavy atom. The SMILES string of the molecule is CCCC/C=C/CCCCCCCC(=O)OC[C@H](COP(=O)(O)O)OC(=O)CCCCCCCCCC. The number of hydrogen-bond donors (Lipinski definition) is 2. The summed E-state index contributed by atoms with van der Waals surface area (Å²) in [7, 11) is -4.73. The first-order valence-corrected chi connectivity index (χ1v) is 16.0. The Morgan fingerprint density at radius 2 is 1.16 bits per heavy atom. The second-order valence-corrected chi connectivity index (χ2v) is 11.0. The van der Waals surface area contributed by atoms with E-state index in [0.717, 1.165) is 57.8 Å². The van der Waals surface area contributed by atoms with Crippen LogP contribution >= 0.6 is 7.82 Å². The average molecular weight is 549 g/mol. The van der Waals surface area contributed by atoms with Crippen LogP contribution in [-0.4, -0.2) is 41.0 Å². The summed E-state index contributed by atoms with van der Waals surface area (Å²) >= 11 is 0. The third kappa shape index (κ3) is 27.6. The van der Waals surface area contributed by atoms with E-state index in [4.69, 9.17) is 19.3 Å². The van der Waals surface area contributed by atoms with Crippen molar-refractivity contribution in [3.63, 3.8) is 0 Å². The van der Waals surface area contributed by atoms with E-state index < -0.39 is 32.5 Å². The second-order valence-electron chi connectivity index (χ2n) is 9.73. The van der Waals surface area contributed by atoms with Crippen molar-refractivity contribution in [2.75, 3.05) is 13.2 Å². The van der Waals surface area contributed by atoms with E-state index in [0.29, 0.717) is 12.8 Å². The van der Waals surface area contributed by atoms with Crippen LogP contribution in [-0.2, 0) is 28.2 Å². The van der Waals surface area contributed by atoms with Gasteiger partial charge in [0.25, 0.3) is 0 Å². The molecule has 0 rings (SSSR count). The van der Waals surface area contributed by atoms with Gasteiger partial charge >= 0.3 is 19.8 Å². The first-order valence-electron chi connectivity index (χ1n) is 14.5. The van der Waals surface area contributed by atoms with E-state index >= 15 is 0 Å². The summed E-state index contributed by atoms with van der Waals surface area (Å²) in [5.41, 5.74) is 0. The molecule has 0 radical (unpaired) electrons. The van der Waals surface area contributed by atoms with Crippen molar-refractivity contribution in [2.24, 2.45) is 0 Å². The van der Waals surface area contributed by atoms with Gasteiger partial charge in [0.2, 0.25) is 0 Å². The number of phosphoric acid groups is 1. The van der Waals surface area contributed by atoms with E-state index in [2.05, 4.69) is 30.5 Å². The fourth-order valence-electron chi connectivity index (χ4n) is 3.82. The highest BCUT2D eigenvalue weighted by Gasteiger charge is 2.22. The number of rotatable bonds is 26. The van der Waals surface area contributed by atoms with Crippen LogP contribution in [0, 0.1) is 0 Å². The van der Waals surface area contributed by atoms with E-state index in [1.54, 1.807) is 0 Å². The van der Waals surface area contributed by atoms with Gasteiger partial charge in [-0.1, -0.05) is 103 Å². The fraction of sp³-hybridized carbons (Fsp3) is 0.857. The van der Waals surface area contributed by atoms with E-state index in [1.165, 1.54) is 38.5 Å². The molecule has 0 saturated carbocycles. The van der Waals surface area contributed by atoms with Crippen LogP contribution in [0.1, 0.15) is 136 Å². The number of carbonyl (C=O) groups is 2. The van der Waals surface area contributed by atoms with Gasteiger partial charge in [0.15, 0.2) is 6.10 Å². The molecule has 0 bridgehead atoms. The van der Waals surface area contributed by atoms with E-state index in [9.17, 15) is 14.2 Å². The fourth-order valence-corrected chi connectivity index (χ4v) is 4.18. The van der Waals surface area contributed by atoms with Crippen molar-refractivity contribution in [1.29, 1.82) is 0 Å². The van der Waals surface area contributed by atoms with Crippen molar-refractivity contribution in [2.45, 2.75) is 142 Å². The number of phosphoric ester groups is 1. The molecule has 0 fully saturated rings. The largest absolute Gasteiger partial charge is 0.469 e. The number of esters is 2. The lowest BCUT2D eigenvalue weighted by atomic mass is 10.1. The van der Waals surface area contributed by atoms with Gasteiger partial charge in [0.05, 0.1) is 6.61 Å². The summed E-state index contributed by atoms with van der Waals surface area (Å²) in [6, 6.07) is 0. The summed E-state index contributed by atoms with van der Waals surface area (Å²) in [5, 5.41) is 0. The molecule has 9 heteroatoms. The standard InChI is InChI=1S/C28H53O8P/c1-3-5-7-9-11-13-14-15-17-18-20-22-27(29)34-24-26(25-35-37(31,32)33)36-28(30)23-21-19-16-12-10-8-6-4-2/h9,11,26H,3-8,10,12-25H2,1-2H3,(H2,31,32,33)/b11-9+/t26-/m1/s1.